The molecule has 4 N–H and O–H groups in total. The lowest BCUT2D eigenvalue weighted by molar-refractivity contribution is -0.199. The molecule has 8 atom stereocenters. The van der Waals surface area contributed by atoms with Gasteiger partial charge in [-0.2, -0.15) is 0 Å². The Kier molecular flexibility index (Phi) is 5.25. The summed E-state index contributed by atoms with van der Waals surface area (Å²) in [6.45, 7) is 9.58. The molecule has 6 fully saturated rings. The number of carboxylic acid groups (broad SMARTS) is 1. The number of likely N-dealkylation sites (tertiary alicyclic amines) is 1. The highest BCUT2D eigenvalue weighted by atomic mass is 16.7. The molecular weight excluding hydrogens is 409 g/mol. The number of fused-ring (bicyclic) bond motifs is 2. The van der Waals surface area contributed by atoms with E-state index in [4.69, 9.17) is 15.0 Å². The Balaban J connectivity index is 1.23. The van der Waals surface area contributed by atoms with Crippen LogP contribution in [0, 0.1) is 23.2 Å². The van der Waals surface area contributed by atoms with Crippen molar-refractivity contribution in [1.29, 1.82) is 0 Å². The third-order valence-corrected chi connectivity index (χ3v) is 9.88. The molecule has 0 aromatic rings. The minimum Gasteiger partial charge on any atom is -0.480 e. The third kappa shape index (κ3) is 3.03. The molecule has 3 saturated heterocycles. The molecule has 178 valence electrons. The zero-order chi connectivity index (χ0) is 23.1. The average Bonchev–Trinajstić information content (AvgIpc) is 3.18. The summed E-state index contributed by atoms with van der Waals surface area (Å²) in [7, 11) is -0.225. The molecule has 8 nitrogen and oxygen atoms in total. The van der Waals surface area contributed by atoms with Gasteiger partial charge in [-0.1, -0.05) is 20.3 Å². The molecule has 3 aliphatic carbocycles. The van der Waals surface area contributed by atoms with E-state index in [2.05, 4.69) is 26.1 Å². The number of carboxylic acids is 1. The van der Waals surface area contributed by atoms with Crippen molar-refractivity contribution in [2.75, 3.05) is 13.1 Å². The molecule has 0 aromatic carbocycles. The highest BCUT2D eigenvalue weighted by molar-refractivity contribution is 6.45. The standard InChI is InChI=1S/C23H38BN3O5/c1-13(25)19(28)27-9-7-23(20(29)30)15(16(27)12-26-23)6-5-8-24-31-18-11-14-10-17(21(14,2)3)22(18,4)32-24/h13-18,26H,5-12,25H2,1-4H3,(H,29,30)/t13-,14-,15+,16-,17-,18+,22-,23+/m0/s1. The fourth-order valence-corrected chi connectivity index (χ4v) is 7.85. The maximum Gasteiger partial charge on any atom is 0.457 e. The second-order valence-corrected chi connectivity index (χ2v) is 11.7. The zero-order valence-corrected chi connectivity index (χ0v) is 19.8. The van der Waals surface area contributed by atoms with Gasteiger partial charge in [0, 0.05) is 25.0 Å². The molecule has 1 amide bonds. The van der Waals surface area contributed by atoms with Gasteiger partial charge in [0.15, 0.2) is 0 Å². The predicted octanol–water partition coefficient (Wildman–Crippen LogP) is 1.49. The lowest BCUT2D eigenvalue weighted by Gasteiger charge is -2.64. The van der Waals surface area contributed by atoms with E-state index in [-0.39, 0.29) is 36.7 Å². The summed E-state index contributed by atoms with van der Waals surface area (Å²) in [4.78, 5) is 26.7. The Hall–Kier alpha value is -1.16. The number of rotatable bonds is 6. The molecule has 3 saturated carbocycles. The minimum atomic E-state index is -0.956. The van der Waals surface area contributed by atoms with Gasteiger partial charge in [0.2, 0.25) is 5.91 Å². The monoisotopic (exact) mass is 447 g/mol. The van der Waals surface area contributed by atoms with E-state index in [0.29, 0.717) is 30.8 Å². The molecule has 0 aromatic heterocycles. The molecule has 32 heavy (non-hydrogen) atoms. The largest absolute Gasteiger partial charge is 0.480 e. The Bertz CT molecular complexity index is 809. The number of carbonyl (C=O) groups is 2. The van der Waals surface area contributed by atoms with Crippen molar-refractivity contribution in [3.8, 4) is 0 Å². The van der Waals surface area contributed by atoms with Crippen LogP contribution in [0.3, 0.4) is 0 Å². The third-order valence-electron chi connectivity index (χ3n) is 9.88. The van der Waals surface area contributed by atoms with Crippen LogP contribution >= 0.6 is 0 Å². The molecule has 3 heterocycles. The number of nitrogens with zero attached hydrogens (tertiary/aromatic N) is 1. The number of amides is 1. The van der Waals surface area contributed by atoms with Crippen LogP contribution < -0.4 is 11.1 Å². The molecule has 0 radical (unpaired) electrons. The fourth-order valence-electron chi connectivity index (χ4n) is 7.85. The first-order valence-corrected chi connectivity index (χ1v) is 12.4. The Morgan fingerprint density at radius 1 is 1.31 bits per heavy atom. The van der Waals surface area contributed by atoms with Gasteiger partial charge >= 0.3 is 13.1 Å². The van der Waals surface area contributed by atoms with E-state index in [1.807, 2.05) is 4.90 Å². The first kappa shape index (κ1) is 22.6. The number of piperidine rings is 1. The molecular formula is C23H38BN3O5. The number of carbonyl (C=O) groups excluding carboxylic acids is 1. The molecule has 6 rings (SSSR count). The van der Waals surface area contributed by atoms with Gasteiger partial charge in [0.1, 0.15) is 5.54 Å². The number of hydrogen-bond acceptors (Lipinski definition) is 6. The molecule has 0 unspecified atom stereocenters. The first-order chi connectivity index (χ1) is 15.0. The van der Waals surface area contributed by atoms with E-state index in [1.165, 1.54) is 6.42 Å². The quantitative estimate of drug-likeness (QED) is 0.529. The summed E-state index contributed by atoms with van der Waals surface area (Å²) < 4.78 is 12.9. The van der Waals surface area contributed by atoms with Gasteiger partial charge in [-0.25, -0.2) is 0 Å². The SMILES string of the molecule is C[C@H](N)C(=O)N1CC[C@@]2(C(=O)O)NC[C@H]1[C@H]2CCCB1O[C@@H]2C[C@@H]3C[C@@H](C3(C)C)[C@]2(C)O1. The van der Waals surface area contributed by atoms with Crippen LogP contribution in [0.25, 0.3) is 0 Å². The van der Waals surface area contributed by atoms with Crippen LogP contribution in [0.4, 0.5) is 0 Å². The zero-order valence-electron chi connectivity index (χ0n) is 19.8. The van der Waals surface area contributed by atoms with Crippen molar-refractivity contribution in [2.45, 2.75) is 95.4 Å². The lowest BCUT2D eigenvalue weighted by atomic mass is 9.43. The lowest BCUT2D eigenvalue weighted by Crippen LogP contribution is -2.65. The predicted molar refractivity (Wildman–Crippen MR) is 120 cm³/mol. The van der Waals surface area contributed by atoms with Crippen LogP contribution in [0.1, 0.15) is 59.8 Å². The van der Waals surface area contributed by atoms with Crippen LogP contribution in [-0.4, -0.2) is 71.4 Å². The van der Waals surface area contributed by atoms with Crippen molar-refractivity contribution < 1.29 is 24.0 Å². The topological polar surface area (TPSA) is 114 Å². The maximum atomic E-state index is 12.6. The van der Waals surface area contributed by atoms with E-state index in [0.717, 1.165) is 31.5 Å². The van der Waals surface area contributed by atoms with Crippen LogP contribution in [0.15, 0.2) is 0 Å². The second kappa shape index (κ2) is 7.42. The normalized spacial score (nSPS) is 44.7. The summed E-state index contributed by atoms with van der Waals surface area (Å²) in [6, 6.07) is -0.703. The van der Waals surface area contributed by atoms with E-state index >= 15 is 0 Å². The van der Waals surface area contributed by atoms with Gasteiger partial charge < -0.3 is 25.0 Å². The highest BCUT2D eigenvalue weighted by Gasteiger charge is 2.67. The van der Waals surface area contributed by atoms with Crippen molar-refractivity contribution in [3.63, 3.8) is 0 Å². The number of aliphatic carboxylic acids is 1. The Morgan fingerprint density at radius 2 is 2.06 bits per heavy atom. The van der Waals surface area contributed by atoms with Gasteiger partial charge in [0.05, 0.1) is 17.7 Å². The van der Waals surface area contributed by atoms with E-state index in [1.54, 1.807) is 6.92 Å². The fraction of sp³-hybridized carbons (Fsp3) is 0.913. The van der Waals surface area contributed by atoms with Gasteiger partial charge in [-0.3, -0.25) is 14.9 Å². The van der Waals surface area contributed by atoms with Gasteiger partial charge in [0.25, 0.3) is 0 Å². The minimum absolute atomic E-state index is 0.0937. The molecule has 6 aliphatic rings. The van der Waals surface area contributed by atoms with Gasteiger partial charge in [-0.05, 0) is 63.1 Å². The van der Waals surface area contributed by atoms with Crippen molar-refractivity contribution in [2.24, 2.45) is 28.9 Å². The number of nitrogens with two attached hydrogens (primary N) is 1. The maximum absolute atomic E-state index is 12.6. The summed E-state index contributed by atoms with van der Waals surface area (Å²) in [5.74, 6) is 0.217. The summed E-state index contributed by atoms with van der Waals surface area (Å²) >= 11 is 0. The summed E-state index contributed by atoms with van der Waals surface area (Å²) in [6.07, 6.45) is 5.16. The summed E-state index contributed by atoms with van der Waals surface area (Å²) in [5.41, 5.74) is 5.01. The van der Waals surface area contributed by atoms with Crippen LogP contribution in [0.2, 0.25) is 6.32 Å². The van der Waals surface area contributed by atoms with Crippen molar-refractivity contribution in [1.82, 2.24) is 10.2 Å². The second-order valence-electron chi connectivity index (χ2n) is 11.7. The number of hydrogen-bond donors (Lipinski definition) is 3. The Morgan fingerprint density at radius 3 is 2.72 bits per heavy atom. The average molecular weight is 447 g/mol. The van der Waals surface area contributed by atoms with E-state index in [9.17, 15) is 14.7 Å². The Labute approximate surface area is 191 Å². The smallest absolute Gasteiger partial charge is 0.457 e. The van der Waals surface area contributed by atoms with E-state index < -0.39 is 17.6 Å². The number of nitrogens with one attached hydrogen (secondary N) is 1. The van der Waals surface area contributed by atoms with Crippen LogP contribution in [0.5, 0.6) is 0 Å². The molecule has 0 spiro atoms. The first-order valence-electron chi connectivity index (χ1n) is 12.4. The molecule has 4 bridgehead atoms. The molecule has 9 heteroatoms. The molecule has 3 aliphatic heterocycles. The highest BCUT2D eigenvalue weighted by Crippen LogP contribution is 2.65. The van der Waals surface area contributed by atoms with Gasteiger partial charge in [-0.15, -0.1) is 0 Å². The summed E-state index contributed by atoms with van der Waals surface area (Å²) in [5, 5.41) is 13.3. The van der Waals surface area contributed by atoms with Crippen molar-refractivity contribution in [3.05, 3.63) is 0 Å². The van der Waals surface area contributed by atoms with Crippen molar-refractivity contribution >= 4 is 19.0 Å². The van der Waals surface area contributed by atoms with Crippen LogP contribution in [-0.2, 0) is 18.9 Å².